The van der Waals surface area contributed by atoms with E-state index in [0.717, 1.165) is 17.8 Å². The standard InChI is InChI=1S/C15H16F2N2.C5H5N3O/c1-15(2,3)19-12-6-10(8-18-9-12)13-7-11(16)4-5-14(13)17;6-5(9)4-3-7-1-2-8-4/h4-9,19H,1-3H3;1-3H,(H2,6,9). The summed E-state index contributed by atoms with van der Waals surface area (Å²) in [6, 6.07) is 5.15. The molecule has 0 aliphatic rings. The zero-order valence-corrected chi connectivity index (χ0v) is 15.8. The molecule has 6 nitrogen and oxygen atoms in total. The van der Waals surface area contributed by atoms with Crippen molar-refractivity contribution < 1.29 is 13.6 Å². The van der Waals surface area contributed by atoms with Gasteiger partial charge in [0.2, 0.25) is 0 Å². The van der Waals surface area contributed by atoms with E-state index in [1.54, 1.807) is 12.3 Å². The molecule has 8 heteroatoms. The summed E-state index contributed by atoms with van der Waals surface area (Å²) in [5.74, 6) is -1.48. The third-order valence-corrected chi connectivity index (χ3v) is 3.31. The van der Waals surface area contributed by atoms with Gasteiger partial charge in [-0.2, -0.15) is 0 Å². The predicted octanol–water partition coefficient (Wildman–Crippen LogP) is 3.81. The summed E-state index contributed by atoms with van der Waals surface area (Å²) in [7, 11) is 0. The molecule has 3 rings (SSSR count). The van der Waals surface area contributed by atoms with Crippen LogP contribution in [0.15, 0.2) is 55.2 Å². The highest BCUT2D eigenvalue weighted by Crippen LogP contribution is 2.26. The first-order chi connectivity index (χ1) is 13.2. The fourth-order valence-corrected chi connectivity index (χ4v) is 2.23. The van der Waals surface area contributed by atoms with E-state index in [0.29, 0.717) is 5.56 Å². The molecule has 1 aromatic carbocycles. The lowest BCUT2D eigenvalue weighted by Gasteiger charge is -2.22. The fourth-order valence-electron chi connectivity index (χ4n) is 2.23. The number of nitrogens with zero attached hydrogens (tertiary/aromatic N) is 3. The van der Waals surface area contributed by atoms with Gasteiger partial charge in [0.1, 0.15) is 17.3 Å². The summed E-state index contributed by atoms with van der Waals surface area (Å²) in [4.78, 5) is 21.7. The first-order valence-corrected chi connectivity index (χ1v) is 8.40. The Morgan fingerprint density at radius 2 is 1.79 bits per heavy atom. The van der Waals surface area contributed by atoms with Crippen LogP contribution in [-0.4, -0.2) is 26.4 Å². The predicted molar refractivity (Wildman–Crippen MR) is 104 cm³/mol. The van der Waals surface area contributed by atoms with Crippen molar-refractivity contribution in [1.29, 1.82) is 0 Å². The summed E-state index contributed by atoms with van der Waals surface area (Å²) >= 11 is 0. The number of hydrogen-bond donors (Lipinski definition) is 2. The molecule has 146 valence electrons. The average Bonchev–Trinajstić information content (AvgIpc) is 2.64. The normalized spacial score (nSPS) is 10.6. The summed E-state index contributed by atoms with van der Waals surface area (Å²) in [5, 5.41) is 3.25. The molecule has 3 N–H and O–H groups in total. The molecule has 0 spiro atoms. The maximum atomic E-state index is 13.7. The van der Waals surface area contributed by atoms with E-state index < -0.39 is 17.5 Å². The zero-order chi connectivity index (χ0) is 20.7. The van der Waals surface area contributed by atoms with Crippen LogP contribution in [0.4, 0.5) is 14.5 Å². The van der Waals surface area contributed by atoms with Crippen LogP contribution in [0.3, 0.4) is 0 Å². The van der Waals surface area contributed by atoms with Crippen LogP contribution in [0, 0.1) is 11.6 Å². The van der Waals surface area contributed by atoms with E-state index >= 15 is 0 Å². The van der Waals surface area contributed by atoms with Crippen LogP contribution in [0.2, 0.25) is 0 Å². The van der Waals surface area contributed by atoms with Crippen molar-refractivity contribution in [3.05, 3.63) is 72.6 Å². The SMILES string of the molecule is CC(C)(C)Nc1cncc(-c2cc(F)ccc2F)c1.NC(=O)c1cnccn1. The molecule has 2 heterocycles. The number of halogens is 2. The lowest BCUT2D eigenvalue weighted by Crippen LogP contribution is -2.26. The van der Waals surface area contributed by atoms with Gasteiger partial charge in [-0.3, -0.25) is 14.8 Å². The number of nitrogens with two attached hydrogens (primary N) is 1. The molecule has 0 fully saturated rings. The number of anilines is 1. The van der Waals surface area contributed by atoms with Crippen LogP contribution < -0.4 is 11.1 Å². The third-order valence-electron chi connectivity index (χ3n) is 3.31. The van der Waals surface area contributed by atoms with Gasteiger partial charge in [0.05, 0.1) is 11.9 Å². The second-order valence-electron chi connectivity index (χ2n) is 6.92. The molecule has 0 atom stereocenters. The van der Waals surface area contributed by atoms with Crippen LogP contribution >= 0.6 is 0 Å². The maximum absolute atomic E-state index is 13.7. The minimum absolute atomic E-state index is 0.124. The monoisotopic (exact) mass is 385 g/mol. The van der Waals surface area contributed by atoms with Gasteiger partial charge in [0.25, 0.3) is 5.91 Å². The molecule has 0 unspecified atom stereocenters. The van der Waals surface area contributed by atoms with Crippen LogP contribution in [0.5, 0.6) is 0 Å². The maximum Gasteiger partial charge on any atom is 0.268 e. The van der Waals surface area contributed by atoms with E-state index in [2.05, 4.69) is 20.3 Å². The third kappa shape index (κ3) is 6.39. The number of pyridine rings is 1. The Kier molecular flexibility index (Phi) is 6.70. The fraction of sp³-hybridized carbons (Fsp3) is 0.200. The van der Waals surface area contributed by atoms with Gasteiger partial charge in [0, 0.05) is 41.5 Å². The second-order valence-corrected chi connectivity index (χ2v) is 6.92. The van der Waals surface area contributed by atoms with Gasteiger partial charge in [-0.1, -0.05) is 0 Å². The molecule has 0 radical (unpaired) electrons. The van der Waals surface area contributed by atoms with E-state index in [1.807, 2.05) is 20.8 Å². The second kappa shape index (κ2) is 8.98. The van der Waals surface area contributed by atoms with Crippen molar-refractivity contribution in [2.45, 2.75) is 26.3 Å². The summed E-state index contributed by atoms with van der Waals surface area (Å²) < 4.78 is 26.9. The Morgan fingerprint density at radius 3 is 2.36 bits per heavy atom. The zero-order valence-electron chi connectivity index (χ0n) is 15.8. The Morgan fingerprint density at radius 1 is 1.04 bits per heavy atom. The van der Waals surface area contributed by atoms with Gasteiger partial charge in [-0.15, -0.1) is 0 Å². The molecule has 3 aromatic rings. The molecule has 0 bridgehead atoms. The Hall–Kier alpha value is -3.42. The topological polar surface area (TPSA) is 93.8 Å². The van der Waals surface area contributed by atoms with Gasteiger partial charge >= 0.3 is 0 Å². The number of carbonyl (C=O) groups excluding carboxylic acids is 1. The summed E-state index contributed by atoms with van der Waals surface area (Å²) in [6.07, 6.45) is 7.40. The highest BCUT2D eigenvalue weighted by molar-refractivity contribution is 5.90. The first kappa shape index (κ1) is 20.9. The van der Waals surface area contributed by atoms with Crippen molar-refractivity contribution in [3.8, 4) is 11.1 Å². The van der Waals surface area contributed by atoms with Gasteiger partial charge < -0.3 is 11.1 Å². The molecule has 0 saturated carbocycles. The van der Waals surface area contributed by atoms with Gasteiger partial charge in [-0.05, 0) is 45.0 Å². The average molecular weight is 385 g/mol. The van der Waals surface area contributed by atoms with Crippen LogP contribution in [0.25, 0.3) is 11.1 Å². The molecular formula is C20H21F2N5O. The Balaban J connectivity index is 0.000000261. The Bertz CT molecular complexity index is 943. The number of amides is 1. The molecule has 0 aliphatic carbocycles. The lowest BCUT2D eigenvalue weighted by atomic mass is 10.1. The van der Waals surface area contributed by atoms with Crippen molar-refractivity contribution in [2.24, 2.45) is 5.73 Å². The molecule has 0 aliphatic heterocycles. The number of primary amides is 1. The van der Waals surface area contributed by atoms with E-state index in [9.17, 15) is 13.6 Å². The number of hydrogen-bond acceptors (Lipinski definition) is 5. The molecule has 2 aromatic heterocycles. The molecular weight excluding hydrogens is 364 g/mol. The number of aromatic nitrogens is 3. The summed E-state index contributed by atoms with van der Waals surface area (Å²) in [5.41, 5.74) is 6.47. The van der Waals surface area contributed by atoms with Gasteiger partial charge in [-0.25, -0.2) is 13.8 Å². The highest BCUT2D eigenvalue weighted by atomic mass is 19.1. The number of carbonyl (C=O) groups is 1. The Labute approximate surface area is 161 Å². The smallest absolute Gasteiger partial charge is 0.268 e. The van der Waals surface area contributed by atoms with E-state index in [-0.39, 0.29) is 16.8 Å². The largest absolute Gasteiger partial charge is 0.379 e. The molecule has 1 amide bonds. The van der Waals surface area contributed by atoms with Crippen LogP contribution in [0.1, 0.15) is 31.3 Å². The minimum Gasteiger partial charge on any atom is -0.379 e. The van der Waals surface area contributed by atoms with Crippen LogP contribution in [-0.2, 0) is 0 Å². The van der Waals surface area contributed by atoms with Gasteiger partial charge in [0.15, 0.2) is 0 Å². The van der Waals surface area contributed by atoms with Crippen molar-refractivity contribution in [2.75, 3.05) is 5.32 Å². The number of nitrogens with one attached hydrogen (secondary N) is 1. The number of benzene rings is 1. The summed E-state index contributed by atoms with van der Waals surface area (Å²) in [6.45, 7) is 6.05. The quantitative estimate of drug-likeness (QED) is 0.715. The van der Waals surface area contributed by atoms with Crippen molar-refractivity contribution >= 4 is 11.6 Å². The van der Waals surface area contributed by atoms with E-state index in [1.165, 1.54) is 30.9 Å². The van der Waals surface area contributed by atoms with Crippen molar-refractivity contribution in [3.63, 3.8) is 0 Å². The lowest BCUT2D eigenvalue weighted by molar-refractivity contribution is 0.0995. The molecule has 28 heavy (non-hydrogen) atoms. The van der Waals surface area contributed by atoms with E-state index in [4.69, 9.17) is 5.73 Å². The minimum atomic E-state index is -0.553. The number of rotatable bonds is 3. The van der Waals surface area contributed by atoms with Crippen molar-refractivity contribution in [1.82, 2.24) is 15.0 Å². The highest BCUT2D eigenvalue weighted by Gasteiger charge is 2.12. The first-order valence-electron chi connectivity index (χ1n) is 8.40. The molecule has 0 saturated heterocycles.